The van der Waals surface area contributed by atoms with Crippen LogP contribution in [0.15, 0.2) is 42.5 Å². The molecule has 0 saturated carbocycles. The van der Waals surface area contributed by atoms with Crippen LogP contribution in [-0.4, -0.2) is 34.2 Å². The monoisotopic (exact) mass is 402 g/mol. The first-order chi connectivity index (χ1) is 11.7. The Bertz CT molecular complexity index is 887. The SMILES string of the molecule is COc1ccc(Cl)cc1NC(=O)CN(c1cccc(Cl)c1)S(C)(=O)=O. The van der Waals surface area contributed by atoms with Crippen molar-refractivity contribution in [3.05, 3.63) is 52.5 Å². The topological polar surface area (TPSA) is 75.7 Å². The van der Waals surface area contributed by atoms with Gasteiger partial charge in [-0.3, -0.25) is 9.10 Å². The highest BCUT2D eigenvalue weighted by atomic mass is 35.5. The summed E-state index contributed by atoms with van der Waals surface area (Å²) in [5.74, 6) is -0.141. The molecule has 25 heavy (non-hydrogen) atoms. The Kier molecular flexibility index (Phi) is 6.16. The van der Waals surface area contributed by atoms with Gasteiger partial charge in [-0.05, 0) is 36.4 Å². The van der Waals surface area contributed by atoms with E-state index >= 15 is 0 Å². The minimum absolute atomic E-state index is 0.295. The number of benzene rings is 2. The summed E-state index contributed by atoms with van der Waals surface area (Å²) in [6.45, 7) is -0.422. The van der Waals surface area contributed by atoms with Crippen LogP contribution in [0.3, 0.4) is 0 Å². The zero-order valence-electron chi connectivity index (χ0n) is 13.5. The molecule has 2 aromatic rings. The van der Waals surface area contributed by atoms with E-state index in [9.17, 15) is 13.2 Å². The molecule has 0 fully saturated rings. The summed E-state index contributed by atoms with van der Waals surface area (Å²) in [5, 5.41) is 3.37. The minimum Gasteiger partial charge on any atom is -0.495 e. The van der Waals surface area contributed by atoms with E-state index in [1.165, 1.54) is 19.2 Å². The van der Waals surface area contributed by atoms with Gasteiger partial charge in [0.15, 0.2) is 0 Å². The van der Waals surface area contributed by atoms with Gasteiger partial charge in [0.05, 0.1) is 24.7 Å². The number of nitrogens with zero attached hydrogens (tertiary/aromatic N) is 1. The molecule has 0 radical (unpaired) electrons. The second-order valence-electron chi connectivity index (χ2n) is 5.14. The summed E-state index contributed by atoms with van der Waals surface area (Å²) in [7, 11) is -2.24. The molecule has 0 unspecified atom stereocenters. The van der Waals surface area contributed by atoms with Crippen LogP contribution in [0.5, 0.6) is 5.75 Å². The molecule has 2 aromatic carbocycles. The van der Waals surface area contributed by atoms with Crippen LogP contribution in [0.25, 0.3) is 0 Å². The highest BCUT2D eigenvalue weighted by Crippen LogP contribution is 2.28. The first kappa shape index (κ1) is 19.4. The Hall–Kier alpha value is -1.96. The lowest BCUT2D eigenvalue weighted by molar-refractivity contribution is -0.114. The number of anilines is 2. The molecule has 1 amide bonds. The maximum Gasteiger partial charge on any atom is 0.245 e. The molecule has 0 bridgehead atoms. The van der Waals surface area contributed by atoms with Crippen LogP contribution in [0.4, 0.5) is 11.4 Å². The zero-order valence-corrected chi connectivity index (χ0v) is 15.8. The van der Waals surface area contributed by atoms with Gasteiger partial charge in [0.1, 0.15) is 12.3 Å². The van der Waals surface area contributed by atoms with Crippen molar-refractivity contribution in [3.63, 3.8) is 0 Å². The van der Waals surface area contributed by atoms with Gasteiger partial charge in [-0.2, -0.15) is 0 Å². The molecule has 1 N–H and O–H groups in total. The van der Waals surface area contributed by atoms with Crippen LogP contribution in [0.1, 0.15) is 0 Å². The second kappa shape index (κ2) is 7.95. The molecule has 0 aliphatic rings. The van der Waals surface area contributed by atoms with Crippen molar-refractivity contribution in [2.75, 3.05) is 29.5 Å². The predicted molar refractivity (Wildman–Crippen MR) is 100 cm³/mol. The number of hydrogen-bond donors (Lipinski definition) is 1. The molecule has 9 heteroatoms. The molecule has 0 atom stereocenters. The van der Waals surface area contributed by atoms with E-state index in [0.717, 1.165) is 10.6 Å². The fourth-order valence-corrected chi connectivity index (χ4v) is 3.33. The fraction of sp³-hybridized carbons (Fsp3) is 0.188. The molecule has 0 heterocycles. The van der Waals surface area contributed by atoms with Gasteiger partial charge in [0.25, 0.3) is 0 Å². The summed E-state index contributed by atoms with van der Waals surface area (Å²) in [6, 6.07) is 11.0. The zero-order chi connectivity index (χ0) is 18.6. The molecular weight excluding hydrogens is 387 g/mol. The van der Waals surface area contributed by atoms with Gasteiger partial charge in [0, 0.05) is 10.0 Å². The Morgan fingerprint density at radius 2 is 1.84 bits per heavy atom. The van der Waals surface area contributed by atoms with Gasteiger partial charge in [-0.25, -0.2) is 8.42 Å². The van der Waals surface area contributed by atoms with Gasteiger partial charge in [-0.15, -0.1) is 0 Å². The van der Waals surface area contributed by atoms with Crippen molar-refractivity contribution in [2.24, 2.45) is 0 Å². The first-order valence-electron chi connectivity index (χ1n) is 7.07. The van der Waals surface area contributed by atoms with Crippen molar-refractivity contribution < 1.29 is 17.9 Å². The molecule has 0 aliphatic carbocycles. The minimum atomic E-state index is -3.69. The highest BCUT2D eigenvalue weighted by molar-refractivity contribution is 7.92. The van der Waals surface area contributed by atoms with Crippen LogP contribution < -0.4 is 14.4 Å². The van der Waals surface area contributed by atoms with E-state index in [2.05, 4.69) is 5.32 Å². The number of halogens is 2. The third-order valence-corrected chi connectivity index (χ3v) is 4.83. The van der Waals surface area contributed by atoms with Crippen LogP contribution in [0, 0.1) is 0 Å². The fourth-order valence-electron chi connectivity index (χ4n) is 2.13. The van der Waals surface area contributed by atoms with Gasteiger partial charge >= 0.3 is 0 Å². The largest absolute Gasteiger partial charge is 0.495 e. The average molecular weight is 403 g/mol. The maximum absolute atomic E-state index is 12.4. The Labute approximate surface area is 156 Å². The maximum atomic E-state index is 12.4. The normalized spacial score (nSPS) is 11.0. The van der Waals surface area contributed by atoms with Crippen molar-refractivity contribution in [3.8, 4) is 5.75 Å². The summed E-state index contributed by atoms with van der Waals surface area (Å²) < 4.78 is 30.2. The smallest absolute Gasteiger partial charge is 0.245 e. The Morgan fingerprint density at radius 1 is 1.16 bits per heavy atom. The molecule has 0 aromatic heterocycles. The van der Waals surface area contributed by atoms with E-state index < -0.39 is 22.5 Å². The Balaban J connectivity index is 2.25. The second-order valence-corrected chi connectivity index (χ2v) is 7.92. The van der Waals surface area contributed by atoms with E-state index in [0.29, 0.717) is 27.2 Å². The number of carbonyl (C=O) groups is 1. The lowest BCUT2D eigenvalue weighted by Gasteiger charge is -2.22. The number of methoxy groups -OCH3 is 1. The van der Waals surface area contributed by atoms with Crippen molar-refractivity contribution in [1.29, 1.82) is 0 Å². The predicted octanol–water partition coefficient (Wildman–Crippen LogP) is 3.41. The first-order valence-corrected chi connectivity index (χ1v) is 9.68. The highest BCUT2D eigenvalue weighted by Gasteiger charge is 2.21. The summed E-state index contributed by atoms with van der Waals surface area (Å²) in [5.41, 5.74) is 0.641. The molecule has 0 saturated heterocycles. The van der Waals surface area contributed by atoms with E-state index in [1.54, 1.807) is 30.3 Å². The van der Waals surface area contributed by atoms with E-state index in [1.807, 2.05) is 0 Å². The van der Waals surface area contributed by atoms with Crippen molar-refractivity contribution >= 4 is 50.5 Å². The number of carbonyl (C=O) groups excluding carboxylic acids is 1. The number of sulfonamides is 1. The summed E-state index contributed by atoms with van der Waals surface area (Å²) in [6.07, 6.45) is 1.02. The van der Waals surface area contributed by atoms with Gasteiger partial charge < -0.3 is 10.1 Å². The third-order valence-electron chi connectivity index (χ3n) is 3.22. The Morgan fingerprint density at radius 3 is 2.44 bits per heavy atom. The molecular formula is C16H16Cl2N2O4S. The summed E-state index contributed by atoms with van der Waals surface area (Å²) >= 11 is 11.8. The van der Waals surface area contributed by atoms with Gasteiger partial charge in [0.2, 0.25) is 15.9 Å². The number of hydrogen-bond acceptors (Lipinski definition) is 4. The van der Waals surface area contributed by atoms with Crippen LogP contribution in [0.2, 0.25) is 10.0 Å². The van der Waals surface area contributed by atoms with Crippen molar-refractivity contribution in [2.45, 2.75) is 0 Å². The van der Waals surface area contributed by atoms with E-state index in [-0.39, 0.29) is 0 Å². The molecule has 0 aliphatic heterocycles. The number of ether oxygens (including phenoxy) is 1. The quantitative estimate of drug-likeness (QED) is 0.802. The summed E-state index contributed by atoms with van der Waals surface area (Å²) in [4.78, 5) is 12.4. The molecule has 0 spiro atoms. The van der Waals surface area contributed by atoms with Gasteiger partial charge in [-0.1, -0.05) is 29.3 Å². The molecule has 6 nitrogen and oxygen atoms in total. The van der Waals surface area contributed by atoms with Crippen LogP contribution in [-0.2, 0) is 14.8 Å². The third kappa shape index (κ3) is 5.26. The lowest BCUT2D eigenvalue weighted by atomic mass is 10.3. The molecule has 134 valence electrons. The number of amides is 1. The number of rotatable bonds is 6. The molecule has 2 rings (SSSR count). The van der Waals surface area contributed by atoms with Crippen molar-refractivity contribution in [1.82, 2.24) is 0 Å². The lowest BCUT2D eigenvalue weighted by Crippen LogP contribution is -2.37. The van der Waals surface area contributed by atoms with Crippen LogP contribution >= 0.6 is 23.2 Å². The van der Waals surface area contributed by atoms with E-state index in [4.69, 9.17) is 27.9 Å². The number of nitrogens with one attached hydrogen (secondary N) is 1. The average Bonchev–Trinajstić information content (AvgIpc) is 2.52. The standard InChI is InChI=1S/C16H16Cl2N2O4S/c1-24-15-7-6-12(18)9-14(15)19-16(21)10-20(25(2,22)23)13-5-3-4-11(17)8-13/h3-9H,10H2,1-2H3,(H,19,21).